The van der Waals surface area contributed by atoms with Gasteiger partial charge in [-0.15, -0.1) is 0 Å². The van der Waals surface area contributed by atoms with Crippen molar-refractivity contribution in [3.63, 3.8) is 0 Å². The topological polar surface area (TPSA) is 137 Å². The molecule has 0 bridgehead atoms. The zero-order chi connectivity index (χ0) is 12.7. The van der Waals surface area contributed by atoms with E-state index in [1.807, 2.05) is 0 Å². The van der Waals surface area contributed by atoms with Crippen molar-refractivity contribution in [1.29, 1.82) is 0 Å². The Labute approximate surface area is 108 Å². The summed E-state index contributed by atoms with van der Waals surface area (Å²) in [7, 11) is 0. The molecule has 0 aliphatic carbocycles. The largest absolute Gasteiger partial charge is 3.00 e. The van der Waals surface area contributed by atoms with Crippen LogP contribution in [-0.2, 0) is 16.8 Å². The summed E-state index contributed by atoms with van der Waals surface area (Å²) in [6, 6.07) is 0. The van der Waals surface area contributed by atoms with Gasteiger partial charge in [-0.2, -0.15) is 26.2 Å². The molecule has 0 aromatic carbocycles. The Bertz CT molecular complexity index is 154. The average molecular weight is 276 g/mol. The number of hydrogen-bond donors (Lipinski definition) is 1. The molecule has 16 heavy (non-hydrogen) atoms. The van der Waals surface area contributed by atoms with Gasteiger partial charge in [-0.25, -0.2) is 0 Å². The van der Waals surface area contributed by atoms with Crippen molar-refractivity contribution in [3.05, 3.63) is 34.8 Å². The quantitative estimate of drug-likeness (QED) is 0.472. The summed E-state index contributed by atoms with van der Waals surface area (Å²) >= 11 is 0. The summed E-state index contributed by atoms with van der Waals surface area (Å²) in [5.74, 6) is 0.250. The first-order chi connectivity index (χ1) is 6.95. The van der Waals surface area contributed by atoms with Crippen LogP contribution in [0.3, 0.4) is 0 Å². The molecule has 0 atom stereocenters. The molecule has 0 aliphatic rings. The van der Waals surface area contributed by atoms with Gasteiger partial charge < -0.3 is 28.0 Å². The number of nitrogens with one attached hydrogen (secondary N) is 4. The fourth-order valence-corrected chi connectivity index (χ4v) is 0.302. The van der Waals surface area contributed by atoms with Crippen LogP contribution in [0, 0.1) is 0 Å². The molecule has 6 N–H and O–H groups in total. The third kappa shape index (κ3) is 69.2. The molecule has 0 aromatic heterocycles. The number of aliphatic hydroxyl groups is 1. The first-order valence-electron chi connectivity index (χ1n) is 4.44. The molecule has 0 aromatic rings. The molecule has 6 nitrogen and oxygen atoms in total. The molecule has 0 radical (unpaired) electrons. The Kier molecular flexibility index (Phi) is 37.0. The molecular formula is C9H21CoN4O2. The molecule has 7 heteroatoms. The van der Waals surface area contributed by atoms with Crippen LogP contribution in [0.5, 0.6) is 0 Å². The van der Waals surface area contributed by atoms with Gasteiger partial charge in [0.1, 0.15) is 0 Å². The van der Waals surface area contributed by atoms with E-state index in [1.165, 1.54) is 19.9 Å². The van der Waals surface area contributed by atoms with Crippen molar-refractivity contribution in [1.82, 2.24) is 0 Å². The van der Waals surface area contributed by atoms with Gasteiger partial charge in [0.2, 0.25) is 0 Å². The second-order valence-electron chi connectivity index (χ2n) is 2.43. The molecule has 0 rings (SSSR count). The standard InChI is InChI=1S/C5H8O2.2C2H6N2.Co/c1-4(6)3-5(2)7;2*3-1-2-4;/h3,6H,1-2H3;2*3-4H,1-2H2;/q;2*-2;+3/p+1/b4-3-;;;. The molecule has 0 fully saturated rings. The maximum atomic E-state index is 8.40. The molecule has 0 spiro atoms. The molecule has 0 saturated carbocycles. The Balaban J connectivity index is -0.0000000700. The van der Waals surface area contributed by atoms with Crippen LogP contribution in [-0.4, -0.2) is 41.9 Å². The van der Waals surface area contributed by atoms with Gasteiger partial charge >= 0.3 is 22.6 Å². The van der Waals surface area contributed by atoms with Crippen molar-refractivity contribution in [2.24, 2.45) is 0 Å². The summed E-state index contributed by atoms with van der Waals surface area (Å²) in [6.07, 6.45) is 1.28. The van der Waals surface area contributed by atoms with Crippen LogP contribution in [0.1, 0.15) is 13.8 Å². The molecule has 0 amide bonds. The van der Waals surface area contributed by atoms with Crippen LogP contribution in [0.2, 0.25) is 0 Å². The van der Waals surface area contributed by atoms with E-state index in [4.69, 9.17) is 32.8 Å². The minimum atomic E-state index is 0. The maximum absolute atomic E-state index is 8.40. The first kappa shape index (κ1) is 24.7. The molecule has 0 unspecified atom stereocenters. The van der Waals surface area contributed by atoms with Crippen LogP contribution in [0.4, 0.5) is 0 Å². The fraction of sp³-hybridized carbons (Fsp3) is 0.667. The Hall–Kier alpha value is -0.444. The van der Waals surface area contributed by atoms with E-state index in [0.29, 0.717) is 0 Å². The molecular weight excluding hydrogens is 255 g/mol. The SMILES string of the molecule is CC(=[OH+])/C=C(/C)O.[Co+3].[NH-]CC[NH-].[NH-]CC[NH-]. The number of allylic oxidation sites excluding steroid dienone is 2. The van der Waals surface area contributed by atoms with Gasteiger partial charge in [0.25, 0.3) is 0 Å². The number of rotatable bonds is 3. The van der Waals surface area contributed by atoms with E-state index in [2.05, 4.69) is 0 Å². The van der Waals surface area contributed by atoms with E-state index in [-0.39, 0.29) is 54.5 Å². The molecule has 98 valence electrons. The smallest absolute Gasteiger partial charge is 0.679 e. The van der Waals surface area contributed by atoms with Crippen molar-refractivity contribution >= 4 is 5.78 Å². The zero-order valence-corrected chi connectivity index (χ0v) is 10.7. The molecule has 0 saturated heterocycles. The predicted octanol–water partition coefficient (Wildman–Crippen LogP) is 3.19. The molecule has 0 aliphatic heterocycles. The van der Waals surface area contributed by atoms with Gasteiger partial charge in [-0.05, 0) is 6.92 Å². The van der Waals surface area contributed by atoms with Crippen molar-refractivity contribution in [2.75, 3.05) is 26.2 Å². The van der Waals surface area contributed by atoms with Gasteiger partial charge in [-0.1, -0.05) is 0 Å². The van der Waals surface area contributed by atoms with Gasteiger partial charge in [0.05, 0.1) is 18.8 Å². The third-order valence-corrected chi connectivity index (χ3v) is 0.668. The van der Waals surface area contributed by atoms with Crippen LogP contribution >= 0.6 is 0 Å². The minimum Gasteiger partial charge on any atom is -0.679 e. The van der Waals surface area contributed by atoms with Crippen molar-refractivity contribution in [3.8, 4) is 0 Å². The second kappa shape index (κ2) is 24.0. The van der Waals surface area contributed by atoms with E-state index >= 15 is 0 Å². The second-order valence-corrected chi connectivity index (χ2v) is 2.43. The van der Waals surface area contributed by atoms with Gasteiger partial charge in [0, 0.05) is 0 Å². The number of hydrogen-bond acceptors (Lipinski definition) is 1. The summed E-state index contributed by atoms with van der Waals surface area (Å²) in [5.41, 5.74) is 25.1. The third-order valence-electron chi connectivity index (χ3n) is 0.668. The minimum absolute atomic E-state index is 0. The van der Waals surface area contributed by atoms with E-state index < -0.39 is 0 Å². The first-order valence-corrected chi connectivity index (χ1v) is 4.44. The normalized spacial score (nSPS) is 8.75. The average Bonchev–Trinajstić information content (AvgIpc) is 2.16. The zero-order valence-electron chi connectivity index (χ0n) is 9.63. The van der Waals surface area contributed by atoms with Crippen LogP contribution in [0.15, 0.2) is 11.8 Å². The predicted molar refractivity (Wildman–Crippen MR) is 65.8 cm³/mol. The van der Waals surface area contributed by atoms with Crippen LogP contribution < -0.4 is 0 Å². The number of aliphatic hydroxyl groups excluding tert-OH is 1. The Morgan fingerprint density at radius 2 is 1.25 bits per heavy atom. The number of carbonyl (C=O) groups excluding carboxylic acids is 1. The number of ketones is 1. The Morgan fingerprint density at radius 1 is 1.00 bits per heavy atom. The monoisotopic (exact) mass is 276 g/mol. The summed E-state index contributed by atoms with van der Waals surface area (Å²) in [5, 5.41) is 8.40. The van der Waals surface area contributed by atoms with E-state index in [1.54, 1.807) is 0 Å². The maximum Gasteiger partial charge on any atom is 3.00 e. The Morgan fingerprint density at radius 3 is 1.25 bits per heavy atom. The van der Waals surface area contributed by atoms with Crippen LogP contribution in [0.25, 0.3) is 22.9 Å². The van der Waals surface area contributed by atoms with E-state index in [0.717, 1.165) is 0 Å². The van der Waals surface area contributed by atoms with Crippen molar-refractivity contribution < 1.29 is 26.7 Å². The van der Waals surface area contributed by atoms with E-state index in [9.17, 15) is 0 Å². The fourth-order valence-electron chi connectivity index (χ4n) is 0.302. The van der Waals surface area contributed by atoms with Crippen molar-refractivity contribution in [2.45, 2.75) is 13.8 Å². The molecule has 0 heterocycles. The van der Waals surface area contributed by atoms with Gasteiger partial charge in [-0.3, -0.25) is 4.79 Å². The van der Waals surface area contributed by atoms with Gasteiger partial charge in [0.15, 0.2) is 0 Å². The summed E-state index contributed by atoms with van der Waals surface area (Å²) in [6.45, 7) is 3.94. The summed E-state index contributed by atoms with van der Waals surface area (Å²) < 4.78 is 0. The summed E-state index contributed by atoms with van der Waals surface area (Å²) in [4.78, 5) is 8.40.